The minimum Gasteiger partial charge on any atom is -0.377 e. The van der Waals surface area contributed by atoms with Crippen molar-refractivity contribution < 1.29 is 9.47 Å². The zero-order chi connectivity index (χ0) is 13.5. The molecule has 3 heteroatoms. The Morgan fingerprint density at radius 1 is 0.824 bits per heavy atom. The van der Waals surface area contributed by atoms with Gasteiger partial charge in [0.15, 0.2) is 0 Å². The Morgan fingerprint density at radius 2 is 1.18 bits per heavy atom. The van der Waals surface area contributed by atoms with Gasteiger partial charge in [-0.05, 0) is 48.5 Å². The van der Waals surface area contributed by atoms with Crippen molar-refractivity contribution in [3.8, 4) is 0 Å². The Balaban J connectivity index is 3.98. The molecule has 0 aromatic heterocycles. The topological polar surface area (TPSA) is 21.7 Å². The van der Waals surface area contributed by atoms with E-state index in [0.717, 1.165) is 26.3 Å². The lowest BCUT2D eigenvalue weighted by Crippen LogP contribution is -2.45. The fourth-order valence-electron chi connectivity index (χ4n) is 1.58. The van der Waals surface area contributed by atoms with Crippen LogP contribution in [-0.2, 0) is 9.47 Å². The van der Waals surface area contributed by atoms with Gasteiger partial charge in [-0.3, -0.25) is 4.90 Å². The van der Waals surface area contributed by atoms with E-state index in [4.69, 9.17) is 9.47 Å². The normalized spacial score (nSPS) is 13.1. The van der Waals surface area contributed by atoms with Crippen molar-refractivity contribution >= 4 is 0 Å². The molecule has 0 saturated carbocycles. The summed E-state index contributed by atoms with van der Waals surface area (Å²) >= 11 is 0. The van der Waals surface area contributed by atoms with Gasteiger partial charge < -0.3 is 9.47 Å². The van der Waals surface area contributed by atoms with Crippen LogP contribution < -0.4 is 0 Å². The summed E-state index contributed by atoms with van der Waals surface area (Å²) < 4.78 is 11.2. The van der Waals surface area contributed by atoms with Gasteiger partial charge in [-0.1, -0.05) is 0 Å². The van der Waals surface area contributed by atoms with Gasteiger partial charge in [0.05, 0.1) is 25.4 Å². The highest BCUT2D eigenvalue weighted by Gasteiger charge is 2.20. The van der Waals surface area contributed by atoms with E-state index in [-0.39, 0.29) is 5.54 Å². The van der Waals surface area contributed by atoms with Crippen LogP contribution in [0.4, 0.5) is 0 Å². The molecule has 17 heavy (non-hydrogen) atoms. The minimum absolute atomic E-state index is 0.167. The van der Waals surface area contributed by atoms with Gasteiger partial charge in [-0.25, -0.2) is 0 Å². The van der Waals surface area contributed by atoms with Gasteiger partial charge >= 0.3 is 0 Å². The van der Waals surface area contributed by atoms with Gasteiger partial charge in [-0.15, -0.1) is 0 Å². The quantitative estimate of drug-likeness (QED) is 0.656. The highest BCUT2D eigenvalue weighted by atomic mass is 16.5. The SMILES string of the molecule is CC(C)OCCN(CCOC(C)C)C(C)(C)C. The summed E-state index contributed by atoms with van der Waals surface area (Å²) in [5, 5.41) is 0. The van der Waals surface area contributed by atoms with Crippen molar-refractivity contribution in [2.75, 3.05) is 26.3 Å². The zero-order valence-corrected chi connectivity index (χ0v) is 12.7. The molecular formula is C14H31NO2. The van der Waals surface area contributed by atoms with E-state index < -0.39 is 0 Å². The molecule has 0 unspecified atom stereocenters. The lowest BCUT2D eigenvalue weighted by atomic mass is 10.1. The molecule has 0 aromatic rings. The third kappa shape index (κ3) is 9.57. The van der Waals surface area contributed by atoms with Crippen LogP contribution in [0.3, 0.4) is 0 Å². The van der Waals surface area contributed by atoms with Gasteiger partial charge in [0, 0.05) is 18.6 Å². The van der Waals surface area contributed by atoms with Gasteiger partial charge in [0.25, 0.3) is 0 Å². The van der Waals surface area contributed by atoms with Gasteiger partial charge in [-0.2, -0.15) is 0 Å². The molecule has 0 N–H and O–H groups in total. The first-order valence-corrected chi connectivity index (χ1v) is 6.71. The second-order valence-corrected chi connectivity index (χ2v) is 6.00. The maximum Gasteiger partial charge on any atom is 0.0597 e. The average molecular weight is 245 g/mol. The second-order valence-electron chi connectivity index (χ2n) is 6.00. The van der Waals surface area contributed by atoms with Crippen molar-refractivity contribution in [2.45, 2.75) is 66.2 Å². The standard InChI is InChI=1S/C14H31NO2/c1-12(2)16-10-8-15(14(5,6)7)9-11-17-13(3)4/h12-13H,8-11H2,1-7H3. The predicted octanol–water partition coefficient (Wildman–Crippen LogP) is 2.94. The van der Waals surface area contributed by atoms with E-state index in [2.05, 4.69) is 53.4 Å². The molecule has 0 atom stereocenters. The second kappa shape index (κ2) is 8.06. The Kier molecular flexibility index (Phi) is 8.01. The number of nitrogens with zero attached hydrogens (tertiary/aromatic N) is 1. The van der Waals surface area contributed by atoms with E-state index >= 15 is 0 Å². The van der Waals surface area contributed by atoms with Crippen molar-refractivity contribution in [1.29, 1.82) is 0 Å². The first kappa shape index (κ1) is 16.9. The fourth-order valence-corrected chi connectivity index (χ4v) is 1.58. The lowest BCUT2D eigenvalue weighted by molar-refractivity contribution is 0.00753. The Morgan fingerprint density at radius 3 is 1.41 bits per heavy atom. The van der Waals surface area contributed by atoms with Gasteiger partial charge in [0.2, 0.25) is 0 Å². The Bertz CT molecular complexity index is 171. The van der Waals surface area contributed by atoms with Crippen LogP contribution in [0.25, 0.3) is 0 Å². The molecule has 0 aliphatic heterocycles. The first-order chi connectivity index (χ1) is 7.73. The molecular weight excluding hydrogens is 214 g/mol. The number of rotatable bonds is 8. The monoisotopic (exact) mass is 245 g/mol. The lowest BCUT2D eigenvalue weighted by Gasteiger charge is -2.35. The van der Waals surface area contributed by atoms with E-state index in [1.807, 2.05) is 0 Å². The summed E-state index contributed by atoms with van der Waals surface area (Å²) in [7, 11) is 0. The molecule has 0 aromatic carbocycles. The summed E-state index contributed by atoms with van der Waals surface area (Å²) in [5.74, 6) is 0. The van der Waals surface area contributed by atoms with E-state index in [1.54, 1.807) is 0 Å². The third-order valence-corrected chi connectivity index (χ3v) is 2.57. The van der Waals surface area contributed by atoms with E-state index in [9.17, 15) is 0 Å². The molecule has 0 bridgehead atoms. The van der Waals surface area contributed by atoms with E-state index in [0.29, 0.717) is 12.2 Å². The van der Waals surface area contributed by atoms with Crippen LogP contribution in [0.1, 0.15) is 48.5 Å². The molecule has 0 aliphatic carbocycles. The Hall–Kier alpha value is -0.120. The average Bonchev–Trinajstić information content (AvgIpc) is 2.12. The molecule has 104 valence electrons. The predicted molar refractivity (Wildman–Crippen MR) is 73.5 cm³/mol. The molecule has 0 aliphatic rings. The van der Waals surface area contributed by atoms with Crippen LogP contribution in [0.5, 0.6) is 0 Å². The number of hydrogen-bond acceptors (Lipinski definition) is 3. The van der Waals surface area contributed by atoms with Crippen molar-refractivity contribution in [2.24, 2.45) is 0 Å². The van der Waals surface area contributed by atoms with Crippen LogP contribution in [0, 0.1) is 0 Å². The van der Waals surface area contributed by atoms with Crippen LogP contribution >= 0.6 is 0 Å². The summed E-state index contributed by atoms with van der Waals surface area (Å²) in [6.07, 6.45) is 0.618. The molecule has 0 saturated heterocycles. The minimum atomic E-state index is 0.167. The molecule has 3 nitrogen and oxygen atoms in total. The first-order valence-electron chi connectivity index (χ1n) is 6.71. The molecule has 0 spiro atoms. The van der Waals surface area contributed by atoms with E-state index in [1.165, 1.54) is 0 Å². The summed E-state index contributed by atoms with van der Waals surface area (Å²) in [6.45, 7) is 18.5. The fraction of sp³-hybridized carbons (Fsp3) is 1.00. The largest absolute Gasteiger partial charge is 0.377 e. The smallest absolute Gasteiger partial charge is 0.0597 e. The molecule has 0 fully saturated rings. The van der Waals surface area contributed by atoms with Crippen molar-refractivity contribution in [3.63, 3.8) is 0 Å². The molecule has 0 amide bonds. The van der Waals surface area contributed by atoms with Crippen LogP contribution in [-0.4, -0.2) is 49.0 Å². The summed E-state index contributed by atoms with van der Waals surface area (Å²) in [5.41, 5.74) is 0.167. The molecule has 0 rings (SSSR count). The molecule has 0 heterocycles. The summed E-state index contributed by atoms with van der Waals surface area (Å²) in [4.78, 5) is 2.41. The maximum atomic E-state index is 5.61. The number of ether oxygens (including phenoxy) is 2. The van der Waals surface area contributed by atoms with Crippen molar-refractivity contribution in [3.05, 3.63) is 0 Å². The third-order valence-electron chi connectivity index (χ3n) is 2.57. The highest BCUT2D eigenvalue weighted by Crippen LogP contribution is 2.12. The van der Waals surface area contributed by atoms with Crippen LogP contribution in [0.15, 0.2) is 0 Å². The molecule has 0 radical (unpaired) electrons. The van der Waals surface area contributed by atoms with Gasteiger partial charge in [0.1, 0.15) is 0 Å². The summed E-state index contributed by atoms with van der Waals surface area (Å²) in [6, 6.07) is 0. The number of hydrogen-bond donors (Lipinski definition) is 0. The van der Waals surface area contributed by atoms with Crippen LogP contribution in [0.2, 0.25) is 0 Å². The maximum absolute atomic E-state index is 5.61. The zero-order valence-electron chi connectivity index (χ0n) is 12.7. The highest BCUT2D eigenvalue weighted by molar-refractivity contribution is 4.76. The Labute approximate surface area is 107 Å². The van der Waals surface area contributed by atoms with Crippen molar-refractivity contribution in [1.82, 2.24) is 4.90 Å².